The molecule has 0 spiro atoms. The SMILES string of the molecule is CC1CCCCN1C(=O)C1CCCN(S(=O)(=O)c2ccc3c(c2)NC(=O)CO3)C1. The number of carbonyl (C=O) groups excluding carboxylic acids is 2. The van der Waals surface area contributed by atoms with Crippen LogP contribution in [-0.4, -0.2) is 61.7 Å². The number of piperidine rings is 2. The van der Waals surface area contributed by atoms with Crippen LogP contribution in [0.25, 0.3) is 0 Å². The van der Waals surface area contributed by atoms with Gasteiger partial charge in [0.1, 0.15) is 5.75 Å². The standard InChI is InChI=1S/C20H27N3O5S/c1-14-5-2-3-10-23(14)20(25)15-6-4-9-22(12-15)29(26,27)16-7-8-18-17(11-16)21-19(24)13-28-18/h7-8,11,14-15H,2-6,9-10,12-13H2,1H3,(H,21,24). The summed E-state index contributed by atoms with van der Waals surface area (Å²) in [7, 11) is -3.77. The van der Waals surface area contributed by atoms with Crippen LogP contribution in [0.4, 0.5) is 5.69 Å². The van der Waals surface area contributed by atoms with Gasteiger partial charge in [0, 0.05) is 25.7 Å². The number of nitrogens with one attached hydrogen (secondary N) is 1. The molecule has 3 heterocycles. The Kier molecular flexibility index (Phi) is 5.52. The van der Waals surface area contributed by atoms with Gasteiger partial charge in [-0.25, -0.2) is 8.42 Å². The molecule has 3 aliphatic rings. The second kappa shape index (κ2) is 7.95. The first-order valence-electron chi connectivity index (χ1n) is 10.2. The smallest absolute Gasteiger partial charge is 0.262 e. The van der Waals surface area contributed by atoms with Crippen LogP contribution in [0, 0.1) is 5.92 Å². The van der Waals surface area contributed by atoms with Gasteiger partial charge in [0.25, 0.3) is 5.91 Å². The molecular weight excluding hydrogens is 394 g/mol. The minimum atomic E-state index is -3.77. The molecule has 0 radical (unpaired) electrons. The van der Waals surface area contributed by atoms with Gasteiger partial charge in [-0.1, -0.05) is 0 Å². The van der Waals surface area contributed by atoms with Crippen molar-refractivity contribution >= 4 is 27.5 Å². The lowest BCUT2D eigenvalue weighted by molar-refractivity contribution is -0.140. The molecule has 0 saturated carbocycles. The van der Waals surface area contributed by atoms with Crippen molar-refractivity contribution < 1.29 is 22.7 Å². The van der Waals surface area contributed by atoms with E-state index >= 15 is 0 Å². The van der Waals surface area contributed by atoms with Gasteiger partial charge >= 0.3 is 0 Å². The number of ether oxygens (including phenoxy) is 1. The highest BCUT2D eigenvalue weighted by atomic mass is 32.2. The van der Waals surface area contributed by atoms with E-state index in [2.05, 4.69) is 12.2 Å². The fraction of sp³-hybridized carbons (Fsp3) is 0.600. The van der Waals surface area contributed by atoms with Crippen molar-refractivity contribution in [3.63, 3.8) is 0 Å². The van der Waals surface area contributed by atoms with E-state index in [4.69, 9.17) is 4.74 Å². The Bertz CT molecular complexity index is 917. The summed E-state index contributed by atoms with van der Waals surface area (Å²) in [5.41, 5.74) is 0.356. The third kappa shape index (κ3) is 3.98. The number of hydrogen-bond donors (Lipinski definition) is 1. The van der Waals surface area contributed by atoms with E-state index in [1.54, 1.807) is 6.07 Å². The van der Waals surface area contributed by atoms with Gasteiger partial charge in [-0.05, 0) is 57.2 Å². The number of hydrogen-bond acceptors (Lipinski definition) is 5. The normalized spacial score (nSPS) is 25.7. The van der Waals surface area contributed by atoms with Crippen molar-refractivity contribution in [3.8, 4) is 5.75 Å². The van der Waals surface area contributed by atoms with Crippen molar-refractivity contribution in [3.05, 3.63) is 18.2 Å². The molecule has 1 N–H and O–H groups in total. The van der Waals surface area contributed by atoms with Gasteiger partial charge in [-0.15, -0.1) is 0 Å². The highest BCUT2D eigenvalue weighted by Gasteiger charge is 2.37. The van der Waals surface area contributed by atoms with Crippen LogP contribution >= 0.6 is 0 Å². The van der Waals surface area contributed by atoms with Crippen LogP contribution in [-0.2, 0) is 19.6 Å². The van der Waals surface area contributed by atoms with Gasteiger partial charge in [0.2, 0.25) is 15.9 Å². The average Bonchev–Trinajstić information content (AvgIpc) is 2.73. The number of amides is 2. The molecule has 0 aromatic heterocycles. The molecule has 0 bridgehead atoms. The Morgan fingerprint density at radius 1 is 1.17 bits per heavy atom. The van der Waals surface area contributed by atoms with Crippen LogP contribution in [0.2, 0.25) is 0 Å². The topological polar surface area (TPSA) is 96.0 Å². The van der Waals surface area contributed by atoms with Gasteiger partial charge in [0.05, 0.1) is 16.5 Å². The highest BCUT2D eigenvalue weighted by Crippen LogP contribution is 2.33. The maximum Gasteiger partial charge on any atom is 0.262 e. The quantitative estimate of drug-likeness (QED) is 0.803. The number of anilines is 1. The van der Waals surface area contributed by atoms with Gasteiger partial charge in [0.15, 0.2) is 6.61 Å². The lowest BCUT2D eigenvalue weighted by atomic mass is 9.95. The van der Waals surface area contributed by atoms with Crippen LogP contribution in [0.15, 0.2) is 23.1 Å². The van der Waals surface area contributed by atoms with Gasteiger partial charge < -0.3 is 15.0 Å². The van der Waals surface area contributed by atoms with Crippen molar-refractivity contribution in [2.24, 2.45) is 5.92 Å². The predicted octanol–water partition coefficient (Wildman–Crippen LogP) is 1.82. The van der Waals surface area contributed by atoms with E-state index in [9.17, 15) is 18.0 Å². The van der Waals surface area contributed by atoms with Crippen molar-refractivity contribution in [2.45, 2.75) is 50.0 Å². The number of benzene rings is 1. The fourth-order valence-electron chi connectivity index (χ4n) is 4.39. The van der Waals surface area contributed by atoms with E-state index in [0.717, 1.165) is 25.8 Å². The number of rotatable bonds is 3. The van der Waals surface area contributed by atoms with Crippen molar-refractivity contribution in [1.82, 2.24) is 9.21 Å². The van der Waals surface area contributed by atoms with Gasteiger partial charge in [-0.3, -0.25) is 9.59 Å². The molecule has 4 rings (SSSR count). The summed E-state index contributed by atoms with van der Waals surface area (Å²) in [6.45, 7) is 3.33. The molecule has 1 aromatic rings. The van der Waals surface area contributed by atoms with Crippen LogP contribution in [0.1, 0.15) is 39.0 Å². The number of nitrogens with zero attached hydrogens (tertiary/aromatic N) is 2. The maximum atomic E-state index is 13.2. The summed E-state index contributed by atoms with van der Waals surface area (Å²) in [5, 5.41) is 2.64. The lowest BCUT2D eigenvalue weighted by Gasteiger charge is -2.39. The van der Waals surface area contributed by atoms with E-state index in [0.29, 0.717) is 30.8 Å². The summed E-state index contributed by atoms with van der Waals surface area (Å²) in [6, 6.07) is 4.69. The Morgan fingerprint density at radius 3 is 2.79 bits per heavy atom. The Balaban J connectivity index is 1.52. The summed E-state index contributed by atoms with van der Waals surface area (Å²) in [4.78, 5) is 26.6. The second-order valence-electron chi connectivity index (χ2n) is 8.07. The molecule has 3 aliphatic heterocycles. The highest BCUT2D eigenvalue weighted by molar-refractivity contribution is 7.89. The molecule has 0 aliphatic carbocycles. The van der Waals surface area contributed by atoms with E-state index < -0.39 is 10.0 Å². The van der Waals surface area contributed by atoms with Crippen molar-refractivity contribution in [1.29, 1.82) is 0 Å². The first-order chi connectivity index (χ1) is 13.9. The summed E-state index contributed by atoms with van der Waals surface area (Å²) in [6.07, 6.45) is 4.51. The molecule has 9 heteroatoms. The second-order valence-corrected chi connectivity index (χ2v) is 10.0. The van der Waals surface area contributed by atoms with Crippen LogP contribution < -0.4 is 10.1 Å². The third-order valence-electron chi connectivity index (χ3n) is 6.04. The largest absolute Gasteiger partial charge is 0.482 e. The first kappa shape index (κ1) is 20.2. The van der Waals surface area contributed by atoms with Gasteiger partial charge in [-0.2, -0.15) is 4.31 Å². The molecule has 2 amide bonds. The molecule has 2 atom stereocenters. The molecule has 8 nitrogen and oxygen atoms in total. The zero-order valence-corrected chi connectivity index (χ0v) is 17.4. The summed E-state index contributed by atoms with van der Waals surface area (Å²) in [5.74, 6) is -0.0939. The Hall–Kier alpha value is -2.13. The average molecular weight is 422 g/mol. The van der Waals surface area contributed by atoms with E-state index in [1.807, 2.05) is 4.90 Å². The number of carbonyl (C=O) groups is 2. The fourth-order valence-corrected chi connectivity index (χ4v) is 5.94. The first-order valence-corrected chi connectivity index (χ1v) is 11.7. The maximum absolute atomic E-state index is 13.2. The Labute approximate surface area is 171 Å². The molecule has 2 fully saturated rings. The molecule has 29 heavy (non-hydrogen) atoms. The lowest BCUT2D eigenvalue weighted by Crippen LogP contribution is -2.50. The van der Waals surface area contributed by atoms with Crippen LogP contribution in [0.3, 0.4) is 0 Å². The predicted molar refractivity (Wildman–Crippen MR) is 107 cm³/mol. The molecular formula is C20H27N3O5S. The van der Waals surface area contributed by atoms with E-state index in [-0.39, 0.29) is 41.8 Å². The summed E-state index contributed by atoms with van der Waals surface area (Å²) < 4.78 is 33.1. The van der Waals surface area contributed by atoms with E-state index in [1.165, 1.54) is 16.4 Å². The zero-order chi connectivity index (χ0) is 20.6. The molecule has 2 saturated heterocycles. The minimum absolute atomic E-state index is 0.0724. The number of fused-ring (bicyclic) bond motifs is 1. The monoisotopic (exact) mass is 421 g/mol. The Morgan fingerprint density at radius 2 is 2.00 bits per heavy atom. The summed E-state index contributed by atoms with van der Waals surface area (Å²) >= 11 is 0. The molecule has 158 valence electrons. The number of sulfonamides is 1. The van der Waals surface area contributed by atoms with Crippen molar-refractivity contribution in [2.75, 3.05) is 31.6 Å². The van der Waals surface area contributed by atoms with Crippen LogP contribution in [0.5, 0.6) is 5.75 Å². The molecule has 2 unspecified atom stereocenters. The third-order valence-corrected chi connectivity index (χ3v) is 7.90. The molecule has 1 aromatic carbocycles. The zero-order valence-electron chi connectivity index (χ0n) is 16.6. The minimum Gasteiger partial charge on any atom is -0.482 e. The number of likely N-dealkylation sites (tertiary alicyclic amines) is 1.